The first kappa shape index (κ1) is 14.6. The molecule has 0 spiro atoms. The van der Waals surface area contributed by atoms with E-state index in [1.165, 1.54) is 11.8 Å². The number of esters is 1. The maximum atomic E-state index is 11.6. The molecular weight excluding hydrogens is 238 g/mol. The van der Waals surface area contributed by atoms with Gasteiger partial charge in [0.15, 0.2) is 5.69 Å². The SMILES string of the molecule is COCCc1c(C(=O)OC)nnn1C(C)C(C)O. The highest BCUT2D eigenvalue weighted by Gasteiger charge is 2.24. The summed E-state index contributed by atoms with van der Waals surface area (Å²) in [4.78, 5) is 11.6. The van der Waals surface area contributed by atoms with Crippen LogP contribution in [-0.4, -0.2) is 53.0 Å². The van der Waals surface area contributed by atoms with Gasteiger partial charge in [0.1, 0.15) is 0 Å². The van der Waals surface area contributed by atoms with E-state index in [4.69, 9.17) is 4.74 Å². The third-order valence-corrected chi connectivity index (χ3v) is 2.80. The summed E-state index contributed by atoms with van der Waals surface area (Å²) in [5, 5.41) is 17.3. The van der Waals surface area contributed by atoms with Crippen LogP contribution in [0.3, 0.4) is 0 Å². The van der Waals surface area contributed by atoms with Crippen molar-refractivity contribution in [3.63, 3.8) is 0 Å². The Morgan fingerprint density at radius 1 is 1.44 bits per heavy atom. The van der Waals surface area contributed by atoms with Gasteiger partial charge in [-0.15, -0.1) is 5.10 Å². The minimum Gasteiger partial charge on any atom is -0.464 e. The third kappa shape index (κ3) is 3.05. The van der Waals surface area contributed by atoms with Crippen LogP contribution < -0.4 is 0 Å². The minimum absolute atomic E-state index is 0.169. The van der Waals surface area contributed by atoms with Gasteiger partial charge in [0.25, 0.3) is 0 Å². The Morgan fingerprint density at radius 2 is 2.11 bits per heavy atom. The van der Waals surface area contributed by atoms with Gasteiger partial charge in [-0.1, -0.05) is 5.21 Å². The molecule has 1 heterocycles. The van der Waals surface area contributed by atoms with Crippen molar-refractivity contribution in [3.05, 3.63) is 11.4 Å². The van der Waals surface area contributed by atoms with E-state index in [9.17, 15) is 9.90 Å². The van der Waals surface area contributed by atoms with Gasteiger partial charge in [-0.25, -0.2) is 9.48 Å². The topological polar surface area (TPSA) is 86.5 Å². The Kier molecular flexibility index (Phi) is 5.24. The second kappa shape index (κ2) is 6.46. The summed E-state index contributed by atoms with van der Waals surface area (Å²) >= 11 is 0. The fraction of sp³-hybridized carbons (Fsp3) is 0.727. The summed E-state index contributed by atoms with van der Waals surface area (Å²) in [7, 11) is 2.86. The van der Waals surface area contributed by atoms with Crippen LogP contribution in [0.2, 0.25) is 0 Å². The predicted molar refractivity (Wildman–Crippen MR) is 63.3 cm³/mol. The molecule has 2 unspecified atom stereocenters. The van der Waals surface area contributed by atoms with Crippen molar-refractivity contribution >= 4 is 5.97 Å². The van der Waals surface area contributed by atoms with E-state index in [-0.39, 0.29) is 11.7 Å². The maximum Gasteiger partial charge on any atom is 0.360 e. The van der Waals surface area contributed by atoms with Crippen LogP contribution in [0.4, 0.5) is 0 Å². The molecule has 2 atom stereocenters. The smallest absolute Gasteiger partial charge is 0.360 e. The second-order valence-electron chi connectivity index (χ2n) is 4.04. The Bertz CT molecular complexity index is 403. The Balaban J connectivity index is 3.10. The van der Waals surface area contributed by atoms with Crippen molar-refractivity contribution in [3.8, 4) is 0 Å². The van der Waals surface area contributed by atoms with Crippen LogP contribution in [-0.2, 0) is 15.9 Å². The zero-order chi connectivity index (χ0) is 13.7. The predicted octanol–water partition coefficient (Wildman–Crippen LogP) is 0.195. The second-order valence-corrected chi connectivity index (χ2v) is 4.04. The molecule has 0 aliphatic rings. The van der Waals surface area contributed by atoms with E-state index >= 15 is 0 Å². The summed E-state index contributed by atoms with van der Waals surface area (Å²) in [5.74, 6) is -0.537. The van der Waals surface area contributed by atoms with Crippen LogP contribution in [0.25, 0.3) is 0 Å². The third-order valence-electron chi connectivity index (χ3n) is 2.80. The molecule has 0 aliphatic heterocycles. The molecule has 7 nitrogen and oxygen atoms in total. The van der Waals surface area contributed by atoms with Crippen LogP contribution >= 0.6 is 0 Å². The number of nitrogens with zero attached hydrogens (tertiary/aromatic N) is 3. The monoisotopic (exact) mass is 257 g/mol. The number of aromatic nitrogens is 3. The Labute approximate surface area is 106 Å². The van der Waals surface area contributed by atoms with E-state index in [1.807, 2.05) is 0 Å². The highest BCUT2D eigenvalue weighted by Crippen LogP contribution is 2.16. The van der Waals surface area contributed by atoms with Crippen molar-refractivity contribution in [2.75, 3.05) is 20.8 Å². The summed E-state index contributed by atoms with van der Waals surface area (Å²) < 4.78 is 11.2. The molecule has 1 rings (SSSR count). The van der Waals surface area contributed by atoms with E-state index in [0.29, 0.717) is 18.7 Å². The quantitative estimate of drug-likeness (QED) is 0.732. The van der Waals surface area contributed by atoms with Gasteiger partial charge in [-0.2, -0.15) is 0 Å². The lowest BCUT2D eigenvalue weighted by molar-refractivity contribution is 0.0591. The van der Waals surface area contributed by atoms with Crippen molar-refractivity contribution in [2.24, 2.45) is 0 Å². The number of hydrogen-bond donors (Lipinski definition) is 1. The molecule has 1 aromatic heterocycles. The minimum atomic E-state index is -0.599. The molecule has 0 amide bonds. The molecule has 0 saturated carbocycles. The zero-order valence-electron chi connectivity index (χ0n) is 11.1. The number of hydrogen-bond acceptors (Lipinski definition) is 6. The number of carbonyl (C=O) groups is 1. The molecule has 18 heavy (non-hydrogen) atoms. The molecule has 1 N–H and O–H groups in total. The van der Waals surface area contributed by atoms with Crippen LogP contribution in [0, 0.1) is 0 Å². The van der Waals surface area contributed by atoms with E-state index < -0.39 is 12.1 Å². The lowest BCUT2D eigenvalue weighted by Crippen LogP contribution is -2.22. The van der Waals surface area contributed by atoms with Crippen LogP contribution in [0.15, 0.2) is 0 Å². The van der Waals surface area contributed by atoms with Gasteiger partial charge < -0.3 is 14.6 Å². The zero-order valence-corrected chi connectivity index (χ0v) is 11.1. The number of ether oxygens (including phenoxy) is 2. The standard InChI is InChI=1S/C11H19N3O4/c1-7(8(2)15)14-9(5-6-17-3)10(12-13-14)11(16)18-4/h7-8,15H,5-6H2,1-4H3. The molecule has 0 radical (unpaired) electrons. The van der Waals surface area contributed by atoms with Crippen molar-refractivity contribution < 1.29 is 19.4 Å². The summed E-state index contributed by atoms with van der Waals surface area (Å²) in [6, 6.07) is -0.275. The molecule has 102 valence electrons. The maximum absolute atomic E-state index is 11.6. The molecule has 0 aromatic carbocycles. The number of aliphatic hydroxyl groups excluding tert-OH is 1. The largest absolute Gasteiger partial charge is 0.464 e. The summed E-state index contributed by atoms with van der Waals surface area (Å²) in [6.45, 7) is 3.89. The van der Waals surface area contributed by atoms with Crippen molar-refractivity contribution in [1.29, 1.82) is 0 Å². The number of rotatable bonds is 6. The fourth-order valence-corrected chi connectivity index (χ4v) is 1.53. The Hall–Kier alpha value is -1.47. The van der Waals surface area contributed by atoms with Gasteiger partial charge in [-0.3, -0.25) is 0 Å². The van der Waals surface area contributed by atoms with Gasteiger partial charge in [0.2, 0.25) is 0 Å². The van der Waals surface area contributed by atoms with Crippen molar-refractivity contribution in [1.82, 2.24) is 15.0 Å². The first-order valence-electron chi connectivity index (χ1n) is 5.72. The Morgan fingerprint density at radius 3 is 2.61 bits per heavy atom. The van der Waals surface area contributed by atoms with Gasteiger partial charge >= 0.3 is 5.97 Å². The average molecular weight is 257 g/mol. The van der Waals surface area contributed by atoms with E-state index in [0.717, 1.165) is 0 Å². The van der Waals surface area contributed by atoms with Gasteiger partial charge in [-0.05, 0) is 13.8 Å². The van der Waals surface area contributed by atoms with E-state index in [1.54, 1.807) is 21.0 Å². The molecule has 0 saturated heterocycles. The van der Waals surface area contributed by atoms with E-state index in [2.05, 4.69) is 15.0 Å². The summed E-state index contributed by atoms with van der Waals surface area (Å²) in [5.41, 5.74) is 0.777. The van der Waals surface area contributed by atoms with Gasteiger partial charge in [0.05, 0.1) is 31.6 Å². The van der Waals surface area contributed by atoms with Crippen LogP contribution in [0.5, 0.6) is 0 Å². The number of aliphatic hydroxyl groups is 1. The summed E-state index contributed by atoms with van der Waals surface area (Å²) in [6.07, 6.45) is -0.121. The highest BCUT2D eigenvalue weighted by molar-refractivity contribution is 5.88. The van der Waals surface area contributed by atoms with Gasteiger partial charge in [0, 0.05) is 13.5 Å². The molecule has 0 bridgehead atoms. The molecular formula is C11H19N3O4. The highest BCUT2D eigenvalue weighted by atomic mass is 16.5. The lowest BCUT2D eigenvalue weighted by Gasteiger charge is -2.17. The fourth-order valence-electron chi connectivity index (χ4n) is 1.53. The molecule has 7 heteroatoms. The first-order chi connectivity index (χ1) is 8.52. The average Bonchev–Trinajstić information content (AvgIpc) is 2.77. The van der Waals surface area contributed by atoms with Crippen molar-refractivity contribution in [2.45, 2.75) is 32.4 Å². The lowest BCUT2D eigenvalue weighted by atomic mass is 10.2. The first-order valence-corrected chi connectivity index (χ1v) is 5.72. The van der Waals surface area contributed by atoms with Crippen LogP contribution in [0.1, 0.15) is 36.1 Å². The molecule has 0 aliphatic carbocycles. The molecule has 1 aromatic rings. The number of methoxy groups -OCH3 is 2. The number of carbonyl (C=O) groups excluding carboxylic acids is 1. The normalized spacial score (nSPS) is 14.3. The molecule has 0 fully saturated rings.